The predicted molar refractivity (Wildman–Crippen MR) is 57.3 cm³/mol. The van der Waals surface area contributed by atoms with Gasteiger partial charge in [-0.15, -0.1) is 0 Å². The molecule has 72 valence electrons. The normalized spacial score (nSPS) is 10.4. The molecule has 1 heterocycles. The summed E-state index contributed by atoms with van der Waals surface area (Å²) in [5.41, 5.74) is 3.50. The monoisotopic (exact) mass is 209 g/mol. The fourth-order valence-corrected chi connectivity index (χ4v) is 1.32. The SMILES string of the molecule is CC(=S)Nn1ncc2ccc(F)cc21. The molecular formula is C9H8FN3S. The fraction of sp³-hybridized carbons (Fsp3) is 0.111. The van der Waals surface area contributed by atoms with E-state index in [1.165, 1.54) is 16.9 Å². The van der Waals surface area contributed by atoms with Crippen molar-refractivity contribution in [2.24, 2.45) is 0 Å². The van der Waals surface area contributed by atoms with Crippen molar-refractivity contribution in [2.75, 3.05) is 5.43 Å². The molecule has 0 atom stereocenters. The van der Waals surface area contributed by atoms with Gasteiger partial charge in [-0.3, -0.25) is 5.43 Å². The molecule has 0 aliphatic carbocycles. The third-order valence-corrected chi connectivity index (χ3v) is 1.89. The number of aromatic nitrogens is 2. The van der Waals surface area contributed by atoms with E-state index in [2.05, 4.69) is 10.5 Å². The van der Waals surface area contributed by atoms with Crippen LogP contribution >= 0.6 is 12.2 Å². The number of nitrogens with zero attached hydrogens (tertiary/aromatic N) is 2. The quantitative estimate of drug-likeness (QED) is 0.729. The molecule has 1 N–H and O–H groups in total. The molecule has 0 aliphatic heterocycles. The minimum Gasteiger partial charge on any atom is -0.271 e. The Morgan fingerprint density at radius 2 is 2.36 bits per heavy atom. The van der Waals surface area contributed by atoms with Gasteiger partial charge in [-0.2, -0.15) is 9.89 Å². The Kier molecular flexibility index (Phi) is 2.17. The van der Waals surface area contributed by atoms with Gasteiger partial charge in [0.05, 0.1) is 16.7 Å². The summed E-state index contributed by atoms with van der Waals surface area (Å²) < 4.78 is 12.9. The summed E-state index contributed by atoms with van der Waals surface area (Å²) in [6.45, 7) is 1.74. The Balaban J connectivity index is 2.55. The minimum absolute atomic E-state index is 0.289. The number of hydrogen-bond donors (Lipinski definition) is 1. The average Bonchev–Trinajstić information content (AvgIpc) is 2.47. The number of nitrogens with one attached hydrogen (secondary N) is 1. The highest BCUT2D eigenvalue weighted by Crippen LogP contribution is 2.13. The molecule has 14 heavy (non-hydrogen) atoms. The van der Waals surface area contributed by atoms with Crippen LogP contribution in [0.2, 0.25) is 0 Å². The first-order chi connectivity index (χ1) is 6.66. The molecule has 0 amide bonds. The van der Waals surface area contributed by atoms with E-state index >= 15 is 0 Å². The van der Waals surface area contributed by atoms with Gasteiger partial charge in [0.2, 0.25) is 0 Å². The van der Waals surface area contributed by atoms with E-state index in [0.717, 1.165) is 5.39 Å². The third-order valence-electron chi connectivity index (χ3n) is 1.80. The molecule has 1 aromatic heterocycles. The van der Waals surface area contributed by atoms with Crippen molar-refractivity contribution in [1.82, 2.24) is 9.89 Å². The molecule has 5 heteroatoms. The zero-order valence-electron chi connectivity index (χ0n) is 7.49. The number of fused-ring (bicyclic) bond motifs is 1. The Morgan fingerprint density at radius 3 is 3.07 bits per heavy atom. The maximum atomic E-state index is 12.9. The minimum atomic E-state index is -0.289. The first-order valence-corrected chi connectivity index (χ1v) is 4.48. The van der Waals surface area contributed by atoms with Crippen molar-refractivity contribution >= 4 is 28.1 Å². The maximum Gasteiger partial charge on any atom is 0.125 e. The molecule has 0 radical (unpaired) electrons. The second kappa shape index (κ2) is 3.34. The Bertz CT molecular complexity index is 492. The summed E-state index contributed by atoms with van der Waals surface area (Å²) in [7, 11) is 0. The molecule has 3 nitrogen and oxygen atoms in total. The summed E-state index contributed by atoms with van der Waals surface area (Å²) in [6.07, 6.45) is 1.65. The Labute approximate surface area is 85.5 Å². The number of halogens is 1. The Hall–Kier alpha value is -1.49. The number of thiocarbonyl (C=S) groups is 1. The van der Waals surface area contributed by atoms with E-state index in [-0.39, 0.29) is 5.82 Å². The lowest BCUT2D eigenvalue weighted by molar-refractivity contribution is 0.628. The number of rotatable bonds is 1. The van der Waals surface area contributed by atoms with Crippen molar-refractivity contribution in [3.8, 4) is 0 Å². The molecule has 0 saturated carbocycles. The van der Waals surface area contributed by atoms with Crippen LogP contribution in [0.5, 0.6) is 0 Å². The molecule has 0 saturated heterocycles. The molecule has 1 aromatic carbocycles. The zero-order valence-corrected chi connectivity index (χ0v) is 8.31. The van der Waals surface area contributed by atoms with Crippen molar-refractivity contribution in [3.63, 3.8) is 0 Å². The van der Waals surface area contributed by atoms with Crippen molar-refractivity contribution in [1.29, 1.82) is 0 Å². The van der Waals surface area contributed by atoms with Crippen molar-refractivity contribution < 1.29 is 4.39 Å². The largest absolute Gasteiger partial charge is 0.271 e. The van der Waals surface area contributed by atoms with Gasteiger partial charge in [0.15, 0.2) is 0 Å². The first-order valence-electron chi connectivity index (χ1n) is 4.08. The molecule has 0 fully saturated rings. The summed E-state index contributed by atoms with van der Waals surface area (Å²) in [6, 6.07) is 4.49. The summed E-state index contributed by atoms with van der Waals surface area (Å²) in [5.74, 6) is -0.289. The van der Waals surface area contributed by atoms with E-state index in [4.69, 9.17) is 12.2 Å². The van der Waals surface area contributed by atoms with Crippen LogP contribution in [0.1, 0.15) is 6.92 Å². The van der Waals surface area contributed by atoms with Gasteiger partial charge in [0, 0.05) is 11.5 Å². The van der Waals surface area contributed by atoms with E-state index in [1.54, 1.807) is 19.2 Å². The fourth-order valence-electron chi connectivity index (χ4n) is 1.23. The smallest absolute Gasteiger partial charge is 0.125 e. The van der Waals surface area contributed by atoms with Crippen LogP contribution in [0.15, 0.2) is 24.4 Å². The van der Waals surface area contributed by atoms with Gasteiger partial charge in [-0.05, 0) is 19.1 Å². The lowest BCUT2D eigenvalue weighted by Crippen LogP contribution is -2.19. The van der Waals surface area contributed by atoms with E-state index in [0.29, 0.717) is 10.5 Å². The predicted octanol–water partition coefficient (Wildman–Crippen LogP) is 2.07. The van der Waals surface area contributed by atoms with Gasteiger partial charge in [-0.25, -0.2) is 4.39 Å². The van der Waals surface area contributed by atoms with E-state index in [1.807, 2.05) is 0 Å². The molecule has 2 aromatic rings. The summed E-state index contributed by atoms with van der Waals surface area (Å²) in [5, 5.41) is 4.90. The summed E-state index contributed by atoms with van der Waals surface area (Å²) in [4.78, 5) is 2.04. The van der Waals surface area contributed by atoms with Gasteiger partial charge in [-0.1, -0.05) is 12.2 Å². The number of benzene rings is 1. The molecule has 0 spiro atoms. The van der Waals surface area contributed by atoms with Crippen molar-refractivity contribution in [3.05, 3.63) is 30.2 Å². The lowest BCUT2D eigenvalue weighted by atomic mass is 10.2. The molecule has 0 aliphatic rings. The standard InChI is InChI=1S/C9H8FN3S/c1-6(14)12-13-9-4-8(10)3-2-7(9)5-11-13/h2-5H,1H3,(H,12,14). The molecule has 2 rings (SSSR count). The highest BCUT2D eigenvalue weighted by Gasteiger charge is 2.03. The average molecular weight is 209 g/mol. The highest BCUT2D eigenvalue weighted by atomic mass is 32.1. The van der Waals surface area contributed by atoms with E-state index < -0.39 is 0 Å². The van der Waals surface area contributed by atoms with Gasteiger partial charge < -0.3 is 0 Å². The summed E-state index contributed by atoms with van der Waals surface area (Å²) >= 11 is 4.87. The van der Waals surface area contributed by atoms with Crippen LogP contribution < -0.4 is 5.43 Å². The van der Waals surface area contributed by atoms with Crippen LogP contribution in [0, 0.1) is 5.82 Å². The Morgan fingerprint density at radius 1 is 1.57 bits per heavy atom. The second-order valence-corrected chi connectivity index (χ2v) is 3.54. The van der Waals surface area contributed by atoms with Crippen LogP contribution in [0.4, 0.5) is 4.39 Å². The molecular weight excluding hydrogens is 201 g/mol. The van der Waals surface area contributed by atoms with Crippen molar-refractivity contribution in [2.45, 2.75) is 6.92 Å². The van der Waals surface area contributed by atoms with Gasteiger partial charge in [0.25, 0.3) is 0 Å². The van der Waals surface area contributed by atoms with Crippen LogP contribution in [-0.2, 0) is 0 Å². The lowest BCUT2D eigenvalue weighted by Gasteiger charge is -2.04. The van der Waals surface area contributed by atoms with Gasteiger partial charge in [0.1, 0.15) is 5.82 Å². The van der Waals surface area contributed by atoms with E-state index in [9.17, 15) is 4.39 Å². The molecule has 0 bridgehead atoms. The zero-order chi connectivity index (χ0) is 10.1. The van der Waals surface area contributed by atoms with Crippen LogP contribution in [-0.4, -0.2) is 14.9 Å². The topological polar surface area (TPSA) is 29.9 Å². The molecule has 0 unspecified atom stereocenters. The highest BCUT2D eigenvalue weighted by molar-refractivity contribution is 7.80. The van der Waals surface area contributed by atoms with Gasteiger partial charge >= 0.3 is 0 Å². The maximum absolute atomic E-state index is 12.9. The second-order valence-electron chi connectivity index (χ2n) is 2.93. The van der Waals surface area contributed by atoms with Crippen LogP contribution in [0.25, 0.3) is 10.9 Å². The first kappa shape index (κ1) is 9.08. The van der Waals surface area contributed by atoms with Crippen LogP contribution in [0.3, 0.4) is 0 Å². The third kappa shape index (κ3) is 1.58. The number of hydrogen-bond acceptors (Lipinski definition) is 2.